The van der Waals surface area contributed by atoms with E-state index in [4.69, 9.17) is 0 Å². The Kier molecular flexibility index (Phi) is 8.47. The van der Waals surface area contributed by atoms with Gasteiger partial charge in [0.25, 0.3) is 0 Å². The Labute approximate surface area is 67.8 Å². The topological polar surface area (TPSA) is 0 Å². The van der Waals surface area contributed by atoms with Gasteiger partial charge in [-0.3, -0.25) is 0 Å². The summed E-state index contributed by atoms with van der Waals surface area (Å²) < 4.78 is 2.86. The molecule has 0 fully saturated rings. The van der Waals surface area contributed by atoms with Gasteiger partial charge in [0.1, 0.15) is 0 Å². The molecule has 0 aromatic rings. The summed E-state index contributed by atoms with van der Waals surface area (Å²) in [5.74, 6) is 0. The zero-order valence-electron chi connectivity index (χ0n) is 6.10. The van der Waals surface area contributed by atoms with Crippen LogP contribution < -0.4 is 0 Å². The van der Waals surface area contributed by atoms with Gasteiger partial charge in [-0.1, -0.05) is 25.0 Å². The lowest BCUT2D eigenvalue weighted by molar-refractivity contribution is 1.14. The van der Waals surface area contributed by atoms with Gasteiger partial charge in [-0.25, -0.2) is 0 Å². The van der Waals surface area contributed by atoms with E-state index in [1.807, 2.05) is 12.2 Å². The minimum atomic E-state index is 0.247. The molecule has 1 heteroatoms. The molecule has 0 atom stereocenters. The first kappa shape index (κ1) is 9.25. The molecule has 0 saturated carbocycles. The van der Waals surface area contributed by atoms with Gasteiger partial charge < -0.3 is 0 Å². The van der Waals surface area contributed by atoms with Crippen molar-refractivity contribution in [3.05, 3.63) is 25.3 Å². The second kappa shape index (κ2) is 8.25. The first-order valence-corrected chi connectivity index (χ1v) is 5.63. The van der Waals surface area contributed by atoms with Crippen LogP contribution in [0.3, 0.4) is 0 Å². The Balaban J connectivity index is 2.74. The third kappa shape index (κ3) is 8.25. The van der Waals surface area contributed by atoms with Crippen molar-refractivity contribution in [2.45, 2.75) is 21.9 Å². The Bertz CT molecular complexity index is 66.6. The van der Waals surface area contributed by atoms with Crippen LogP contribution >= 0.6 is 0 Å². The largest absolute Gasteiger partial charge is 0.365 e. The lowest BCUT2D eigenvalue weighted by atomic mass is 10.5. The van der Waals surface area contributed by atoms with Gasteiger partial charge in [-0.15, -0.1) is 22.3 Å². The second-order valence-corrected chi connectivity index (χ2v) is 4.34. The third-order valence-electron chi connectivity index (χ3n) is 1.32. The Morgan fingerprint density at radius 3 is 1.78 bits per heavy atom. The summed E-state index contributed by atoms with van der Waals surface area (Å²) in [4.78, 5) is 0. The molecule has 0 heterocycles. The van der Waals surface area contributed by atoms with Crippen LogP contribution in [0.1, 0.15) is 12.8 Å². The summed E-state index contributed by atoms with van der Waals surface area (Å²) in [5, 5.41) is 0. The second-order valence-electron chi connectivity index (χ2n) is 2.22. The maximum atomic E-state index is 3.68. The fourth-order valence-electron chi connectivity index (χ4n) is 0.754. The van der Waals surface area contributed by atoms with Crippen molar-refractivity contribution in [2.24, 2.45) is 0 Å². The smallest absolute Gasteiger partial charge is 0.142 e. The van der Waals surface area contributed by atoms with Crippen molar-refractivity contribution in [1.82, 2.24) is 0 Å². The zero-order valence-corrected chi connectivity index (χ0v) is 7.52. The monoisotopic (exact) mass is 134 g/mol. The molecule has 0 spiro atoms. The van der Waals surface area contributed by atoms with Crippen LogP contribution in [0.2, 0.25) is 9.10 Å². The Hall–Kier alpha value is 0.246. The van der Waals surface area contributed by atoms with Crippen LogP contribution in [0.15, 0.2) is 25.3 Å². The van der Waals surface area contributed by atoms with Crippen molar-refractivity contribution in [3.63, 3.8) is 0 Å². The molecule has 0 unspecified atom stereocenters. The van der Waals surface area contributed by atoms with Crippen molar-refractivity contribution in [2.75, 3.05) is 0 Å². The average molecular weight is 135 g/mol. The first-order valence-electron chi connectivity index (χ1n) is 3.63. The van der Waals surface area contributed by atoms with E-state index >= 15 is 0 Å². The highest BCUT2D eigenvalue weighted by atomic mass is 24.5. The van der Waals surface area contributed by atoms with Crippen LogP contribution in [0.5, 0.6) is 0 Å². The van der Waals surface area contributed by atoms with E-state index in [2.05, 4.69) is 13.2 Å². The number of hydrogen-bond donors (Lipinski definition) is 0. The fraction of sp³-hybridized carbons (Fsp3) is 0.500. The molecule has 0 radical (unpaired) electrons. The van der Waals surface area contributed by atoms with Gasteiger partial charge in [0.15, 0.2) is 0 Å². The highest BCUT2D eigenvalue weighted by Gasteiger charge is 1.90. The van der Waals surface area contributed by atoms with Crippen molar-refractivity contribution in [1.29, 1.82) is 0 Å². The summed E-state index contributed by atoms with van der Waals surface area (Å²) in [6.45, 7) is 7.36. The minimum absolute atomic E-state index is 0.247. The molecular formula is C8H14Mg. The van der Waals surface area contributed by atoms with Crippen LogP contribution in [-0.2, 0) is 0 Å². The zero-order chi connectivity index (χ0) is 6.95. The standard InChI is InChI=1S/2C4H7.Mg/c2*1-3-4-2;/h2*3H,1-2,4H2;. The molecule has 9 heavy (non-hydrogen) atoms. The van der Waals surface area contributed by atoms with Crippen LogP contribution in [0, 0.1) is 0 Å². The first-order chi connectivity index (χ1) is 4.41. The highest BCUT2D eigenvalue weighted by molar-refractivity contribution is 6.35. The molecule has 48 valence electrons. The Morgan fingerprint density at radius 2 is 1.44 bits per heavy atom. The SMILES string of the molecule is C=CC[CH2][Mg][CH2]CC=C. The quantitative estimate of drug-likeness (QED) is 0.298. The summed E-state index contributed by atoms with van der Waals surface area (Å²) >= 11 is 0.247. The molecule has 0 aliphatic rings. The molecule has 0 aliphatic carbocycles. The van der Waals surface area contributed by atoms with Gasteiger partial charge in [0, 0.05) is 0 Å². The van der Waals surface area contributed by atoms with Crippen LogP contribution in [-0.4, -0.2) is 20.4 Å². The number of rotatable bonds is 6. The molecule has 0 amide bonds. The minimum Gasteiger partial charge on any atom is -0.142 e. The van der Waals surface area contributed by atoms with Gasteiger partial charge in [-0.2, -0.15) is 0 Å². The van der Waals surface area contributed by atoms with E-state index in [1.165, 1.54) is 21.9 Å². The summed E-state index contributed by atoms with van der Waals surface area (Å²) in [6.07, 6.45) is 6.48. The molecule has 0 aromatic carbocycles. The fourth-order valence-corrected chi connectivity index (χ4v) is 2.26. The van der Waals surface area contributed by atoms with Gasteiger partial charge >= 0.3 is 20.4 Å². The summed E-state index contributed by atoms with van der Waals surface area (Å²) in [7, 11) is 0. The van der Waals surface area contributed by atoms with Gasteiger partial charge in [0.2, 0.25) is 0 Å². The van der Waals surface area contributed by atoms with E-state index < -0.39 is 0 Å². The lowest BCUT2D eigenvalue weighted by Gasteiger charge is -1.89. The predicted octanol–water partition coefficient (Wildman–Crippen LogP) is 2.68. The van der Waals surface area contributed by atoms with Gasteiger partial charge in [-0.05, 0) is 0 Å². The number of hydrogen-bond acceptors (Lipinski definition) is 0. The summed E-state index contributed by atoms with van der Waals surface area (Å²) in [5.41, 5.74) is 0. The van der Waals surface area contributed by atoms with E-state index in [1.54, 1.807) is 0 Å². The third-order valence-corrected chi connectivity index (χ3v) is 3.13. The van der Waals surface area contributed by atoms with Crippen molar-refractivity contribution < 1.29 is 0 Å². The summed E-state index contributed by atoms with van der Waals surface area (Å²) in [6, 6.07) is 0. The van der Waals surface area contributed by atoms with Crippen LogP contribution in [0.4, 0.5) is 0 Å². The molecule has 0 nitrogen and oxygen atoms in total. The lowest BCUT2D eigenvalue weighted by Crippen LogP contribution is -1.85. The molecule has 0 rings (SSSR count). The molecular weight excluding hydrogens is 120 g/mol. The molecule has 0 aliphatic heterocycles. The highest BCUT2D eigenvalue weighted by Crippen LogP contribution is 1.95. The normalized spacial score (nSPS) is 8.00. The average Bonchev–Trinajstić information content (AvgIpc) is 1.89. The van der Waals surface area contributed by atoms with Crippen molar-refractivity contribution in [3.8, 4) is 0 Å². The molecule has 0 N–H and O–H groups in total. The Morgan fingerprint density at radius 1 is 1.00 bits per heavy atom. The van der Waals surface area contributed by atoms with E-state index in [-0.39, 0.29) is 20.4 Å². The maximum absolute atomic E-state index is 3.68. The number of allylic oxidation sites excluding steroid dienone is 2. The van der Waals surface area contributed by atoms with Crippen LogP contribution in [0.25, 0.3) is 0 Å². The van der Waals surface area contributed by atoms with Crippen molar-refractivity contribution >= 4 is 20.4 Å². The predicted molar refractivity (Wildman–Crippen MR) is 45.0 cm³/mol. The molecule has 0 saturated heterocycles. The van der Waals surface area contributed by atoms with E-state index in [0.717, 1.165) is 0 Å². The van der Waals surface area contributed by atoms with E-state index in [9.17, 15) is 0 Å². The maximum Gasteiger partial charge on any atom is 0.365 e. The molecule has 0 aromatic heterocycles. The molecule has 0 bridgehead atoms. The van der Waals surface area contributed by atoms with Gasteiger partial charge in [0.05, 0.1) is 0 Å². The van der Waals surface area contributed by atoms with E-state index in [0.29, 0.717) is 0 Å².